The average molecular weight is 283 g/mol. The first-order valence-corrected chi connectivity index (χ1v) is 5.86. The van der Waals surface area contributed by atoms with Gasteiger partial charge in [-0.25, -0.2) is 4.68 Å². The molecule has 0 spiro atoms. The van der Waals surface area contributed by atoms with E-state index in [0.717, 1.165) is 0 Å². The lowest BCUT2D eigenvalue weighted by Gasteiger charge is -2.04. The van der Waals surface area contributed by atoms with Crippen LogP contribution in [0, 0.1) is 10.1 Å². The monoisotopic (exact) mass is 282 g/mol. The molecule has 7 nitrogen and oxygen atoms in total. The molecule has 0 radical (unpaired) electrons. The minimum Gasteiger partial charge on any atom is -0.387 e. The van der Waals surface area contributed by atoms with Crippen molar-refractivity contribution in [2.75, 3.05) is 0 Å². The fourth-order valence-electron chi connectivity index (χ4n) is 1.62. The van der Waals surface area contributed by atoms with Crippen molar-refractivity contribution in [2.45, 2.75) is 19.6 Å². The number of nitro groups is 1. The van der Waals surface area contributed by atoms with E-state index in [1.54, 1.807) is 13.0 Å². The molecule has 2 rings (SSSR count). The lowest BCUT2D eigenvalue weighted by atomic mass is 10.2. The highest BCUT2D eigenvalue weighted by Crippen LogP contribution is 2.26. The van der Waals surface area contributed by atoms with Crippen LogP contribution in [0.2, 0.25) is 5.02 Å². The van der Waals surface area contributed by atoms with Gasteiger partial charge in [0, 0.05) is 6.07 Å². The predicted molar refractivity (Wildman–Crippen MR) is 67.9 cm³/mol. The molecular formula is C11H11ClN4O3. The van der Waals surface area contributed by atoms with E-state index in [4.69, 9.17) is 11.6 Å². The first kappa shape index (κ1) is 13.4. The Kier molecular flexibility index (Phi) is 3.77. The molecular weight excluding hydrogens is 272 g/mol. The van der Waals surface area contributed by atoms with Crippen molar-refractivity contribution in [3.05, 3.63) is 50.8 Å². The highest BCUT2D eigenvalue weighted by atomic mass is 35.5. The second-order valence-corrected chi connectivity index (χ2v) is 4.42. The van der Waals surface area contributed by atoms with Gasteiger partial charge < -0.3 is 5.11 Å². The molecule has 1 aromatic carbocycles. The second-order valence-electron chi connectivity index (χ2n) is 4.01. The largest absolute Gasteiger partial charge is 0.387 e. The van der Waals surface area contributed by atoms with Gasteiger partial charge in [-0.05, 0) is 13.0 Å². The molecule has 1 N–H and O–H groups in total. The topological polar surface area (TPSA) is 94.1 Å². The van der Waals surface area contributed by atoms with Crippen molar-refractivity contribution in [3.8, 4) is 0 Å². The van der Waals surface area contributed by atoms with Gasteiger partial charge in [-0.3, -0.25) is 10.1 Å². The molecule has 1 unspecified atom stereocenters. The Hall–Kier alpha value is -1.99. The van der Waals surface area contributed by atoms with Gasteiger partial charge >= 0.3 is 0 Å². The number of benzene rings is 1. The fourth-order valence-corrected chi connectivity index (χ4v) is 1.85. The molecule has 0 fully saturated rings. The zero-order valence-corrected chi connectivity index (χ0v) is 10.8. The summed E-state index contributed by atoms with van der Waals surface area (Å²) in [7, 11) is 0. The maximum Gasteiger partial charge on any atom is 0.275 e. The van der Waals surface area contributed by atoms with Crippen LogP contribution in [0.4, 0.5) is 5.69 Å². The molecule has 0 saturated carbocycles. The van der Waals surface area contributed by atoms with Crippen molar-refractivity contribution >= 4 is 17.3 Å². The Morgan fingerprint density at radius 1 is 1.58 bits per heavy atom. The van der Waals surface area contributed by atoms with Gasteiger partial charge in [-0.1, -0.05) is 22.9 Å². The van der Waals surface area contributed by atoms with E-state index in [2.05, 4.69) is 10.3 Å². The molecule has 0 aliphatic heterocycles. The van der Waals surface area contributed by atoms with Gasteiger partial charge in [0.25, 0.3) is 5.69 Å². The first-order valence-electron chi connectivity index (χ1n) is 5.49. The Balaban J connectivity index is 2.34. The molecule has 8 heteroatoms. The molecule has 0 aliphatic carbocycles. The van der Waals surface area contributed by atoms with Crippen molar-refractivity contribution in [1.82, 2.24) is 15.0 Å². The quantitative estimate of drug-likeness (QED) is 0.683. The molecule has 0 saturated heterocycles. The normalized spacial score (nSPS) is 12.4. The minimum absolute atomic E-state index is 0.0680. The van der Waals surface area contributed by atoms with E-state index in [1.807, 2.05) is 0 Å². The average Bonchev–Trinajstić information content (AvgIpc) is 2.80. The summed E-state index contributed by atoms with van der Waals surface area (Å²) in [6.45, 7) is 1.68. The van der Waals surface area contributed by atoms with E-state index in [-0.39, 0.29) is 12.2 Å². The number of nitro benzene ring substituents is 1. The molecule has 100 valence electrons. The summed E-state index contributed by atoms with van der Waals surface area (Å²) in [4.78, 5) is 10.4. The number of aromatic nitrogens is 3. The number of nitrogens with zero attached hydrogens (tertiary/aromatic N) is 4. The second kappa shape index (κ2) is 5.33. The van der Waals surface area contributed by atoms with Crippen LogP contribution in [0.3, 0.4) is 0 Å². The molecule has 0 amide bonds. The van der Waals surface area contributed by atoms with Crippen LogP contribution in [-0.2, 0) is 6.54 Å². The van der Waals surface area contributed by atoms with E-state index in [1.165, 1.54) is 23.0 Å². The summed E-state index contributed by atoms with van der Waals surface area (Å²) >= 11 is 5.98. The summed E-state index contributed by atoms with van der Waals surface area (Å²) in [5, 5.41) is 28.2. The molecule has 1 aromatic heterocycles. The summed E-state index contributed by atoms with van der Waals surface area (Å²) in [5.74, 6) is 0. The van der Waals surface area contributed by atoms with Gasteiger partial charge in [-0.15, -0.1) is 5.10 Å². The number of hydrogen-bond donors (Lipinski definition) is 1. The number of halogens is 1. The molecule has 1 heterocycles. The number of hydrogen-bond acceptors (Lipinski definition) is 5. The number of rotatable bonds is 4. The van der Waals surface area contributed by atoms with Gasteiger partial charge in [0.2, 0.25) is 0 Å². The SMILES string of the molecule is CC(O)c1cn(Cc2c(Cl)cccc2[N+](=O)[O-])nn1. The van der Waals surface area contributed by atoms with Crippen molar-refractivity contribution < 1.29 is 10.0 Å². The highest BCUT2D eigenvalue weighted by Gasteiger charge is 2.18. The van der Waals surface area contributed by atoms with Gasteiger partial charge in [0.1, 0.15) is 5.69 Å². The zero-order chi connectivity index (χ0) is 14.0. The predicted octanol–water partition coefficient (Wildman–Crippen LogP) is 1.94. The maximum absolute atomic E-state index is 10.9. The van der Waals surface area contributed by atoms with E-state index < -0.39 is 11.0 Å². The van der Waals surface area contributed by atoms with Gasteiger partial charge in [-0.2, -0.15) is 0 Å². The smallest absolute Gasteiger partial charge is 0.275 e. The third-order valence-electron chi connectivity index (χ3n) is 2.60. The molecule has 0 aliphatic rings. The summed E-state index contributed by atoms with van der Waals surface area (Å²) in [6, 6.07) is 4.48. The van der Waals surface area contributed by atoms with Gasteiger partial charge in [0.05, 0.1) is 34.4 Å². The Labute approximate surface area is 113 Å². The van der Waals surface area contributed by atoms with Crippen LogP contribution < -0.4 is 0 Å². The van der Waals surface area contributed by atoms with Crippen LogP contribution in [0.1, 0.15) is 24.3 Å². The summed E-state index contributed by atoms with van der Waals surface area (Å²) < 4.78 is 1.40. The highest BCUT2D eigenvalue weighted by molar-refractivity contribution is 6.31. The van der Waals surface area contributed by atoms with Crippen LogP contribution in [0.25, 0.3) is 0 Å². The van der Waals surface area contributed by atoms with Crippen LogP contribution in [0.15, 0.2) is 24.4 Å². The van der Waals surface area contributed by atoms with Crippen molar-refractivity contribution in [3.63, 3.8) is 0 Å². The third kappa shape index (κ3) is 2.88. The number of aliphatic hydroxyl groups excluding tert-OH is 1. The Bertz CT molecular complexity index is 612. The standard InChI is InChI=1S/C11H11ClN4O3/c1-7(17)10-6-15(14-13-10)5-8-9(12)3-2-4-11(8)16(18)19/h2-4,6-7,17H,5H2,1H3. The Morgan fingerprint density at radius 3 is 2.89 bits per heavy atom. The number of aliphatic hydroxyl groups is 1. The summed E-state index contributed by atoms with van der Waals surface area (Å²) in [6.07, 6.45) is 0.785. The molecule has 1 atom stereocenters. The van der Waals surface area contributed by atoms with Crippen molar-refractivity contribution in [2.24, 2.45) is 0 Å². The van der Waals surface area contributed by atoms with Crippen LogP contribution in [0.5, 0.6) is 0 Å². The maximum atomic E-state index is 10.9. The van der Waals surface area contributed by atoms with Crippen molar-refractivity contribution in [1.29, 1.82) is 0 Å². The lowest BCUT2D eigenvalue weighted by molar-refractivity contribution is -0.385. The zero-order valence-electron chi connectivity index (χ0n) is 10.0. The molecule has 19 heavy (non-hydrogen) atoms. The fraction of sp³-hybridized carbons (Fsp3) is 0.273. The van der Waals surface area contributed by atoms with Gasteiger partial charge in [0.15, 0.2) is 0 Å². The first-order chi connectivity index (χ1) is 8.99. The van der Waals surface area contributed by atoms with E-state index >= 15 is 0 Å². The lowest BCUT2D eigenvalue weighted by Crippen LogP contribution is -2.04. The molecule has 2 aromatic rings. The van der Waals surface area contributed by atoms with E-state index in [9.17, 15) is 15.2 Å². The van der Waals surface area contributed by atoms with Crippen LogP contribution >= 0.6 is 11.6 Å². The minimum atomic E-state index is -0.741. The van der Waals surface area contributed by atoms with E-state index in [0.29, 0.717) is 16.3 Å². The Morgan fingerprint density at radius 2 is 2.32 bits per heavy atom. The summed E-state index contributed by atoms with van der Waals surface area (Å²) in [5.41, 5.74) is 0.688. The molecule has 0 bridgehead atoms. The third-order valence-corrected chi connectivity index (χ3v) is 2.95. The van der Waals surface area contributed by atoms with Crippen LogP contribution in [-0.4, -0.2) is 25.0 Å².